The lowest BCUT2D eigenvalue weighted by Gasteiger charge is -2.25. The molecule has 0 unspecified atom stereocenters. The zero-order valence-corrected chi connectivity index (χ0v) is 19.4. The van der Waals surface area contributed by atoms with Crippen molar-refractivity contribution in [2.45, 2.75) is 53.0 Å². The number of hydrogen-bond acceptors (Lipinski definition) is 3. The summed E-state index contributed by atoms with van der Waals surface area (Å²) in [6.45, 7) is 8.18. The van der Waals surface area contributed by atoms with Crippen molar-refractivity contribution in [2.24, 2.45) is 5.73 Å². The molecule has 0 fully saturated rings. The average Bonchev–Trinajstić information content (AvgIpc) is 3.21. The molecule has 0 aliphatic heterocycles. The Morgan fingerprint density at radius 2 is 1.88 bits per heavy atom. The standard InChI is InChI=1S/C26H34N4O2/c1-4-6-17-30(26(27)31)25-20(3)12-10-15-23(25)32-18-11-16-29-19-28-24(22(29)5-2)21-13-8-7-9-14-21/h7-10,12-15,19H,4-6,11,16-18H2,1-3H3,(H2,27,31). The Balaban J connectivity index is 1.67. The van der Waals surface area contributed by atoms with Crippen LogP contribution in [-0.2, 0) is 13.0 Å². The fourth-order valence-electron chi connectivity index (χ4n) is 3.97. The maximum absolute atomic E-state index is 12.1. The normalized spacial score (nSPS) is 10.8. The van der Waals surface area contributed by atoms with Crippen LogP contribution in [0.25, 0.3) is 11.3 Å². The third-order valence-electron chi connectivity index (χ3n) is 5.60. The van der Waals surface area contributed by atoms with E-state index in [0.29, 0.717) is 18.9 Å². The van der Waals surface area contributed by atoms with Crippen molar-refractivity contribution in [1.82, 2.24) is 9.55 Å². The molecule has 0 spiro atoms. The van der Waals surface area contributed by atoms with Gasteiger partial charge in [0.05, 0.1) is 24.3 Å². The number of rotatable bonds is 11. The zero-order chi connectivity index (χ0) is 22.9. The van der Waals surface area contributed by atoms with E-state index >= 15 is 0 Å². The molecule has 0 saturated heterocycles. The lowest BCUT2D eigenvalue weighted by Crippen LogP contribution is -2.37. The smallest absolute Gasteiger partial charge is 0.319 e. The summed E-state index contributed by atoms with van der Waals surface area (Å²) < 4.78 is 8.34. The molecule has 2 N–H and O–H groups in total. The number of para-hydroxylation sites is 1. The highest BCUT2D eigenvalue weighted by atomic mass is 16.5. The predicted molar refractivity (Wildman–Crippen MR) is 130 cm³/mol. The number of amides is 2. The summed E-state index contributed by atoms with van der Waals surface area (Å²) >= 11 is 0. The topological polar surface area (TPSA) is 73.4 Å². The summed E-state index contributed by atoms with van der Waals surface area (Å²) in [5, 5.41) is 0. The number of aryl methyl sites for hydroxylation is 2. The van der Waals surface area contributed by atoms with Crippen molar-refractivity contribution in [3.63, 3.8) is 0 Å². The SMILES string of the molecule is CCCCN(C(N)=O)c1c(C)cccc1OCCCn1cnc(-c2ccccc2)c1CC. The number of unbranched alkanes of at least 4 members (excludes halogenated alkanes) is 1. The molecule has 1 aromatic heterocycles. The number of imidazole rings is 1. The Hall–Kier alpha value is -3.28. The van der Waals surface area contributed by atoms with Crippen molar-refractivity contribution in [1.29, 1.82) is 0 Å². The first-order valence-corrected chi connectivity index (χ1v) is 11.5. The van der Waals surface area contributed by atoms with Gasteiger partial charge in [-0.1, -0.05) is 62.7 Å². The molecule has 32 heavy (non-hydrogen) atoms. The molecule has 0 saturated carbocycles. The number of urea groups is 1. The van der Waals surface area contributed by atoms with Crippen molar-refractivity contribution >= 4 is 11.7 Å². The van der Waals surface area contributed by atoms with Crippen molar-refractivity contribution in [3.05, 3.63) is 66.1 Å². The van der Waals surface area contributed by atoms with Crippen LogP contribution < -0.4 is 15.4 Å². The number of carbonyl (C=O) groups is 1. The van der Waals surface area contributed by atoms with E-state index in [1.807, 2.05) is 49.6 Å². The van der Waals surface area contributed by atoms with E-state index in [1.54, 1.807) is 4.90 Å². The second-order valence-corrected chi connectivity index (χ2v) is 7.92. The number of aromatic nitrogens is 2. The van der Waals surface area contributed by atoms with Crippen molar-refractivity contribution < 1.29 is 9.53 Å². The number of carbonyl (C=O) groups excluding carboxylic acids is 1. The minimum Gasteiger partial charge on any atom is -0.491 e. The lowest BCUT2D eigenvalue weighted by molar-refractivity contribution is 0.253. The molecule has 0 atom stereocenters. The maximum atomic E-state index is 12.1. The van der Waals surface area contributed by atoms with E-state index in [0.717, 1.165) is 54.7 Å². The molecule has 6 heteroatoms. The molecular weight excluding hydrogens is 400 g/mol. The molecule has 3 rings (SSSR count). The van der Waals surface area contributed by atoms with Crippen LogP contribution >= 0.6 is 0 Å². The maximum Gasteiger partial charge on any atom is 0.319 e. The van der Waals surface area contributed by atoms with Gasteiger partial charge in [0.1, 0.15) is 5.75 Å². The highest BCUT2D eigenvalue weighted by Gasteiger charge is 2.19. The zero-order valence-electron chi connectivity index (χ0n) is 19.4. The number of benzene rings is 2. The minimum absolute atomic E-state index is 0.447. The van der Waals surface area contributed by atoms with Crippen LogP contribution in [0, 0.1) is 6.92 Å². The van der Waals surface area contributed by atoms with Gasteiger partial charge in [0, 0.05) is 24.3 Å². The van der Waals surface area contributed by atoms with Gasteiger partial charge in [-0.2, -0.15) is 0 Å². The Labute approximate surface area is 191 Å². The Bertz CT molecular complexity index is 1010. The summed E-state index contributed by atoms with van der Waals surface area (Å²) in [6.07, 6.45) is 5.54. The fraction of sp³-hybridized carbons (Fsp3) is 0.385. The quantitative estimate of drug-likeness (QED) is 0.401. The van der Waals surface area contributed by atoms with E-state index in [1.165, 1.54) is 5.69 Å². The highest BCUT2D eigenvalue weighted by Crippen LogP contribution is 2.32. The Morgan fingerprint density at radius 3 is 2.56 bits per heavy atom. The number of primary amides is 1. The molecule has 0 aliphatic carbocycles. The van der Waals surface area contributed by atoms with E-state index in [-0.39, 0.29) is 0 Å². The molecule has 0 aliphatic rings. The molecule has 2 amide bonds. The van der Waals surface area contributed by atoms with Crippen LogP contribution in [0.15, 0.2) is 54.9 Å². The van der Waals surface area contributed by atoms with Crippen LogP contribution in [0.2, 0.25) is 0 Å². The second kappa shape index (κ2) is 11.4. The van der Waals surface area contributed by atoms with E-state index in [4.69, 9.17) is 10.5 Å². The number of anilines is 1. The van der Waals surface area contributed by atoms with E-state index < -0.39 is 6.03 Å². The largest absolute Gasteiger partial charge is 0.491 e. The fourth-order valence-corrected chi connectivity index (χ4v) is 3.97. The van der Waals surface area contributed by atoms with Crippen LogP contribution in [-0.4, -0.2) is 28.7 Å². The highest BCUT2D eigenvalue weighted by molar-refractivity contribution is 5.93. The summed E-state index contributed by atoms with van der Waals surface area (Å²) in [5.74, 6) is 0.700. The van der Waals surface area contributed by atoms with Gasteiger partial charge in [0.25, 0.3) is 0 Å². The number of ether oxygens (including phenoxy) is 1. The molecule has 0 bridgehead atoms. The summed E-state index contributed by atoms with van der Waals surface area (Å²) in [7, 11) is 0. The van der Waals surface area contributed by atoms with Gasteiger partial charge in [-0.3, -0.25) is 4.90 Å². The van der Waals surface area contributed by atoms with Crippen LogP contribution in [0.5, 0.6) is 5.75 Å². The van der Waals surface area contributed by atoms with Gasteiger partial charge in [-0.05, 0) is 37.8 Å². The molecule has 0 radical (unpaired) electrons. The monoisotopic (exact) mass is 434 g/mol. The number of hydrogen-bond donors (Lipinski definition) is 1. The Morgan fingerprint density at radius 1 is 1.09 bits per heavy atom. The van der Waals surface area contributed by atoms with Crippen LogP contribution in [0.4, 0.5) is 10.5 Å². The van der Waals surface area contributed by atoms with Gasteiger partial charge < -0.3 is 15.0 Å². The first-order chi connectivity index (χ1) is 15.6. The average molecular weight is 435 g/mol. The third kappa shape index (κ3) is 5.49. The summed E-state index contributed by atoms with van der Waals surface area (Å²) in [6, 6.07) is 15.7. The second-order valence-electron chi connectivity index (χ2n) is 7.92. The van der Waals surface area contributed by atoms with Gasteiger partial charge in [-0.15, -0.1) is 0 Å². The molecule has 1 heterocycles. The van der Waals surface area contributed by atoms with E-state index in [2.05, 4.69) is 35.5 Å². The molecule has 170 valence electrons. The molecule has 6 nitrogen and oxygen atoms in total. The van der Waals surface area contributed by atoms with Gasteiger partial charge in [0.15, 0.2) is 0 Å². The molecule has 2 aromatic carbocycles. The van der Waals surface area contributed by atoms with Crippen molar-refractivity contribution in [2.75, 3.05) is 18.1 Å². The lowest BCUT2D eigenvalue weighted by atomic mass is 10.1. The van der Waals surface area contributed by atoms with E-state index in [9.17, 15) is 4.79 Å². The summed E-state index contributed by atoms with van der Waals surface area (Å²) in [4.78, 5) is 18.4. The first kappa shape index (κ1) is 23.4. The van der Waals surface area contributed by atoms with Gasteiger partial charge in [0.2, 0.25) is 0 Å². The van der Waals surface area contributed by atoms with Crippen molar-refractivity contribution in [3.8, 4) is 17.0 Å². The van der Waals surface area contributed by atoms with Crippen LogP contribution in [0.1, 0.15) is 44.4 Å². The predicted octanol–water partition coefficient (Wildman–Crippen LogP) is 5.58. The number of nitrogens with zero attached hydrogens (tertiary/aromatic N) is 3. The van der Waals surface area contributed by atoms with Gasteiger partial charge in [-0.25, -0.2) is 9.78 Å². The molecule has 3 aromatic rings. The van der Waals surface area contributed by atoms with Gasteiger partial charge >= 0.3 is 6.03 Å². The number of nitrogens with two attached hydrogens (primary N) is 1. The van der Waals surface area contributed by atoms with Crippen LogP contribution in [0.3, 0.4) is 0 Å². The Kier molecular flexibility index (Phi) is 8.31. The third-order valence-corrected chi connectivity index (χ3v) is 5.60. The first-order valence-electron chi connectivity index (χ1n) is 11.5. The minimum atomic E-state index is -0.447. The summed E-state index contributed by atoms with van der Waals surface area (Å²) in [5.41, 5.74) is 10.8. The molecular formula is C26H34N4O2.